The summed E-state index contributed by atoms with van der Waals surface area (Å²) in [6, 6.07) is 11.6. The highest BCUT2D eigenvalue weighted by atomic mass is 32.1. The van der Waals surface area contributed by atoms with Gasteiger partial charge in [-0.15, -0.1) is 10.2 Å². The number of pyridine rings is 1. The van der Waals surface area contributed by atoms with Crippen LogP contribution in [0.4, 0.5) is 0 Å². The maximum Gasteiger partial charge on any atom is 0.259 e. The molecule has 0 unspecified atom stereocenters. The van der Waals surface area contributed by atoms with Gasteiger partial charge in [0.05, 0.1) is 17.5 Å². The fourth-order valence-corrected chi connectivity index (χ4v) is 3.84. The molecule has 3 heterocycles. The lowest BCUT2D eigenvalue weighted by atomic mass is 10.0. The number of nitrogens with zero attached hydrogens (tertiary/aromatic N) is 4. The Morgan fingerprint density at radius 2 is 2.07 bits per heavy atom. The second kappa shape index (κ2) is 6.79. The Morgan fingerprint density at radius 3 is 2.79 bits per heavy atom. The molecular weight excluding hydrogens is 374 g/mol. The monoisotopic (exact) mass is 391 g/mol. The van der Waals surface area contributed by atoms with Crippen LogP contribution in [0.2, 0.25) is 0 Å². The number of carbonyl (C=O) groups is 1. The van der Waals surface area contributed by atoms with E-state index in [0.717, 1.165) is 34.1 Å². The summed E-state index contributed by atoms with van der Waals surface area (Å²) in [5.41, 5.74) is 3.34. The van der Waals surface area contributed by atoms with Crippen molar-refractivity contribution in [1.29, 1.82) is 0 Å². The van der Waals surface area contributed by atoms with Crippen LogP contribution in [-0.2, 0) is 6.54 Å². The molecule has 0 atom stereocenters. The molecule has 1 aromatic carbocycles. The summed E-state index contributed by atoms with van der Waals surface area (Å²) in [5.74, 6) is 0.203. The predicted molar refractivity (Wildman–Crippen MR) is 105 cm³/mol. The van der Waals surface area contributed by atoms with Crippen LogP contribution in [0.3, 0.4) is 0 Å². The summed E-state index contributed by atoms with van der Waals surface area (Å²) in [6.07, 6.45) is 2.17. The summed E-state index contributed by atoms with van der Waals surface area (Å²) in [4.78, 5) is 17.7. The van der Waals surface area contributed by atoms with Crippen molar-refractivity contribution in [2.24, 2.45) is 0 Å². The second-order valence-electron chi connectivity index (χ2n) is 6.84. The van der Waals surface area contributed by atoms with Crippen LogP contribution in [0, 0.1) is 6.92 Å². The second-order valence-corrected chi connectivity index (χ2v) is 8.11. The lowest BCUT2D eigenvalue weighted by Crippen LogP contribution is -2.23. The van der Waals surface area contributed by atoms with Gasteiger partial charge < -0.3 is 9.84 Å². The van der Waals surface area contributed by atoms with Crippen molar-refractivity contribution in [2.75, 3.05) is 0 Å². The van der Waals surface area contributed by atoms with E-state index in [1.807, 2.05) is 43.3 Å². The van der Waals surface area contributed by atoms with E-state index in [1.165, 1.54) is 11.3 Å². The maximum absolute atomic E-state index is 13.1. The highest BCUT2D eigenvalue weighted by Crippen LogP contribution is 2.41. The molecule has 1 saturated carbocycles. The van der Waals surface area contributed by atoms with E-state index in [1.54, 1.807) is 0 Å². The highest BCUT2D eigenvalue weighted by molar-refractivity contribution is 7.11. The van der Waals surface area contributed by atoms with Crippen LogP contribution in [0.5, 0.6) is 0 Å². The van der Waals surface area contributed by atoms with Gasteiger partial charge in [-0.05, 0) is 25.8 Å². The molecular formula is C20H17N5O2S. The molecule has 1 N–H and O–H groups in total. The minimum Gasteiger partial charge on any atom is -0.345 e. The SMILES string of the molecule is Cc1nnc(CNC(=O)c2cc(C3CC3)nc3onc(-c4ccccc4)c23)s1. The minimum absolute atomic E-state index is 0.192. The first kappa shape index (κ1) is 17.0. The van der Waals surface area contributed by atoms with Gasteiger partial charge in [0.2, 0.25) is 0 Å². The first-order chi connectivity index (χ1) is 13.7. The average Bonchev–Trinajstić information content (AvgIpc) is 3.35. The third-order valence-electron chi connectivity index (χ3n) is 4.72. The molecule has 5 rings (SSSR count). The van der Waals surface area contributed by atoms with Crippen LogP contribution >= 0.6 is 11.3 Å². The van der Waals surface area contributed by atoms with Gasteiger partial charge in [0.15, 0.2) is 0 Å². The first-order valence-corrected chi connectivity index (χ1v) is 9.93. The fraction of sp³-hybridized carbons (Fsp3) is 0.250. The number of benzene rings is 1. The van der Waals surface area contributed by atoms with Crippen molar-refractivity contribution in [3.8, 4) is 11.3 Å². The van der Waals surface area contributed by atoms with E-state index in [-0.39, 0.29) is 5.91 Å². The molecule has 0 radical (unpaired) electrons. The van der Waals surface area contributed by atoms with Gasteiger partial charge in [0, 0.05) is 17.2 Å². The van der Waals surface area contributed by atoms with Gasteiger partial charge >= 0.3 is 0 Å². The smallest absolute Gasteiger partial charge is 0.259 e. The molecule has 0 bridgehead atoms. The number of rotatable bonds is 5. The Balaban J connectivity index is 1.56. The third-order valence-corrected chi connectivity index (χ3v) is 5.56. The number of aromatic nitrogens is 4. The van der Waals surface area contributed by atoms with Gasteiger partial charge in [-0.2, -0.15) is 0 Å². The topological polar surface area (TPSA) is 93.8 Å². The van der Waals surface area contributed by atoms with Crippen molar-refractivity contribution in [3.63, 3.8) is 0 Å². The van der Waals surface area contributed by atoms with Gasteiger partial charge in [-0.25, -0.2) is 4.98 Å². The van der Waals surface area contributed by atoms with E-state index in [9.17, 15) is 4.79 Å². The fourth-order valence-electron chi connectivity index (χ4n) is 3.19. The Morgan fingerprint density at radius 1 is 1.25 bits per heavy atom. The third kappa shape index (κ3) is 3.16. The van der Waals surface area contributed by atoms with Crippen molar-refractivity contribution >= 4 is 28.3 Å². The van der Waals surface area contributed by atoms with Gasteiger partial charge in [0.25, 0.3) is 11.6 Å². The zero-order chi connectivity index (χ0) is 19.1. The average molecular weight is 391 g/mol. The lowest BCUT2D eigenvalue weighted by Gasteiger charge is -2.07. The van der Waals surface area contributed by atoms with Crippen LogP contribution in [0.25, 0.3) is 22.4 Å². The standard InChI is InChI=1S/C20H17N5O2S/c1-11-23-24-16(28-11)10-21-19(26)14-9-15(12-7-8-12)22-20-17(14)18(25-27-20)13-5-3-2-4-6-13/h2-6,9,12H,7-8,10H2,1H3,(H,21,26). The van der Waals surface area contributed by atoms with E-state index in [0.29, 0.717) is 34.8 Å². The lowest BCUT2D eigenvalue weighted by molar-refractivity contribution is 0.0952. The molecule has 0 saturated heterocycles. The number of aryl methyl sites for hydroxylation is 1. The molecule has 0 spiro atoms. The normalized spacial score (nSPS) is 13.8. The van der Waals surface area contributed by atoms with Crippen LogP contribution < -0.4 is 5.32 Å². The van der Waals surface area contributed by atoms with Crippen molar-refractivity contribution in [1.82, 2.24) is 25.7 Å². The predicted octanol–water partition coefficient (Wildman–Crippen LogP) is 3.86. The minimum atomic E-state index is -0.192. The number of carbonyl (C=O) groups excluding carboxylic acids is 1. The van der Waals surface area contributed by atoms with E-state index in [4.69, 9.17) is 4.52 Å². The van der Waals surface area contributed by atoms with Crippen LogP contribution in [0.1, 0.15) is 44.8 Å². The number of hydrogen-bond donors (Lipinski definition) is 1. The maximum atomic E-state index is 13.1. The molecule has 1 fully saturated rings. The summed E-state index contributed by atoms with van der Waals surface area (Å²) in [6.45, 7) is 2.22. The Bertz CT molecular complexity index is 1160. The summed E-state index contributed by atoms with van der Waals surface area (Å²) < 4.78 is 5.52. The van der Waals surface area contributed by atoms with Gasteiger partial charge in [-0.1, -0.05) is 46.8 Å². The molecule has 3 aromatic heterocycles. The summed E-state index contributed by atoms with van der Waals surface area (Å²) in [7, 11) is 0. The van der Waals surface area contributed by atoms with E-state index < -0.39 is 0 Å². The molecule has 1 amide bonds. The molecule has 1 aliphatic carbocycles. The molecule has 0 aliphatic heterocycles. The molecule has 4 aromatic rings. The quantitative estimate of drug-likeness (QED) is 0.555. The van der Waals surface area contributed by atoms with Crippen molar-refractivity contribution in [3.05, 3.63) is 57.7 Å². The van der Waals surface area contributed by atoms with E-state index >= 15 is 0 Å². The summed E-state index contributed by atoms with van der Waals surface area (Å²) in [5, 5.41) is 17.5. The van der Waals surface area contributed by atoms with Gasteiger partial charge in [-0.3, -0.25) is 4.79 Å². The largest absolute Gasteiger partial charge is 0.345 e. The van der Waals surface area contributed by atoms with Crippen molar-refractivity contribution < 1.29 is 9.32 Å². The van der Waals surface area contributed by atoms with Crippen molar-refractivity contribution in [2.45, 2.75) is 32.2 Å². The molecule has 1 aliphatic rings. The summed E-state index contributed by atoms with van der Waals surface area (Å²) >= 11 is 1.47. The Labute approximate surface area is 164 Å². The molecule has 28 heavy (non-hydrogen) atoms. The molecule has 7 nitrogen and oxygen atoms in total. The van der Waals surface area contributed by atoms with Crippen LogP contribution in [-0.4, -0.2) is 26.2 Å². The zero-order valence-corrected chi connectivity index (χ0v) is 16.0. The highest BCUT2D eigenvalue weighted by Gasteiger charge is 2.29. The number of amides is 1. The Kier molecular flexibility index (Phi) is 4.12. The number of hydrogen-bond acceptors (Lipinski definition) is 7. The van der Waals surface area contributed by atoms with E-state index in [2.05, 4.69) is 25.7 Å². The number of nitrogens with one attached hydrogen (secondary N) is 1. The molecule has 8 heteroatoms. The van der Waals surface area contributed by atoms with Crippen LogP contribution in [0.15, 0.2) is 40.9 Å². The Hall–Kier alpha value is -3.13. The first-order valence-electron chi connectivity index (χ1n) is 9.12. The molecule has 140 valence electrons. The zero-order valence-electron chi connectivity index (χ0n) is 15.2. The van der Waals surface area contributed by atoms with Gasteiger partial charge in [0.1, 0.15) is 15.7 Å². The number of fused-ring (bicyclic) bond motifs is 1.